The summed E-state index contributed by atoms with van der Waals surface area (Å²) in [5.41, 5.74) is 0.800. The van der Waals surface area contributed by atoms with Gasteiger partial charge >= 0.3 is 0 Å². The van der Waals surface area contributed by atoms with Gasteiger partial charge in [-0.25, -0.2) is 0 Å². The van der Waals surface area contributed by atoms with Crippen LogP contribution in [0.15, 0.2) is 42.0 Å². The molecule has 2 N–H and O–H groups in total. The topological polar surface area (TPSA) is 115 Å². The van der Waals surface area contributed by atoms with Crippen LogP contribution in [-0.4, -0.2) is 66.4 Å². The van der Waals surface area contributed by atoms with Crippen molar-refractivity contribution >= 4 is 17.4 Å². The second kappa shape index (κ2) is 8.90. The summed E-state index contributed by atoms with van der Waals surface area (Å²) in [7, 11) is 1.41. The summed E-state index contributed by atoms with van der Waals surface area (Å²) < 4.78 is 22.1. The molecule has 2 aromatic rings. The van der Waals surface area contributed by atoms with E-state index in [1.54, 1.807) is 30.3 Å². The van der Waals surface area contributed by atoms with E-state index in [9.17, 15) is 19.8 Å². The molecule has 0 unspecified atom stereocenters. The summed E-state index contributed by atoms with van der Waals surface area (Å²) in [6, 6.07) is 8.58. The van der Waals surface area contributed by atoms with E-state index in [1.807, 2.05) is 0 Å². The van der Waals surface area contributed by atoms with Gasteiger partial charge in [-0.1, -0.05) is 6.07 Å². The molecule has 0 saturated carbocycles. The Hall–Kier alpha value is -3.72. The van der Waals surface area contributed by atoms with E-state index < -0.39 is 17.7 Å². The Labute approximate surface area is 196 Å². The quantitative estimate of drug-likeness (QED) is 0.392. The van der Waals surface area contributed by atoms with E-state index in [4.69, 9.17) is 18.9 Å². The number of methoxy groups -OCH3 is 1. The minimum absolute atomic E-state index is 0.0487. The Bertz CT molecular complexity index is 1170. The van der Waals surface area contributed by atoms with Crippen LogP contribution in [0.2, 0.25) is 0 Å². The molecular weight excluding hydrogens is 442 g/mol. The maximum atomic E-state index is 13.2. The average molecular weight is 467 g/mol. The molecule has 0 radical (unpaired) electrons. The molecule has 3 aliphatic heterocycles. The summed E-state index contributed by atoms with van der Waals surface area (Å²) in [5, 5.41) is 21.3. The first kappa shape index (κ1) is 22.1. The number of aliphatic hydroxyl groups is 1. The van der Waals surface area contributed by atoms with Gasteiger partial charge in [0.15, 0.2) is 23.0 Å². The van der Waals surface area contributed by atoms with Gasteiger partial charge in [0.1, 0.15) is 19.0 Å². The van der Waals surface area contributed by atoms with Gasteiger partial charge < -0.3 is 34.1 Å². The third-order valence-electron chi connectivity index (χ3n) is 6.30. The first-order chi connectivity index (χ1) is 16.5. The molecule has 3 heterocycles. The third kappa shape index (κ3) is 3.81. The molecule has 9 heteroatoms. The lowest BCUT2D eigenvalue weighted by Crippen LogP contribution is -2.36. The van der Waals surface area contributed by atoms with Gasteiger partial charge in [-0.2, -0.15) is 0 Å². The van der Waals surface area contributed by atoms with Crippen LogP contribution >= 0.6 is 0 Å². The van der Waals surface area contributed by atoms with Gasteiger partial charge in [0.05, 0.1) is 24.8 Å². The largest absolute Gasteiger partial charge is 0.507 e. The lowest BCUT2D eigenvalue weighted by Gasteiger charge is -2.28. The van der Waals surface area contributed by atoms with Crippen LogP contribution < -0.4 is 14.2 Å². The molecule has 2 aromatic carbocycles. The number of hydrogen-bond acceptors (Lipinski definition) is 8. The van der Waals surface area contributed by atoms with Crippen LogP contribution in [0.1, 0.15) is 30.0 Å². The van der Waals surface area contributed by atoms with Crippen LogP contribution in [0.25, 0.3) is 5.76 Å². The maximum absolute atomic E-state index is 13.2. The smallest absolute Gasteiger partial charge is 0.295 e. The van der Waals surface area contributed by atoms with E-state index in [0.717, 1.165) is 12.8 Å². The Balaban J connectivity index is 1.62. The van der Waals surface area contributed by atoms with Crippen molar-refractivity contribution < 1.29 is 38.7 Å². The number of ether oxygens (including phenoxy) is 4. The van der Waals surface area contributed by atoms with Crippen LogP contribution in [-0.2, 0) is 14.3 Å². The SMILES string of the molecule is COc1cc([C@H]2C(=C(O)c3ccc4c(c3)OCCO4)C(=O)C(=O)N2C[C@@H]2CCCO2)ccc1O. The number of likely N-dealkylation sites (tertiary alicyclic amines) is 1. The number of phenolic OH excluding ortho intramolecular Hbond substituents is 1. The van der Waals surface area contributed by atoms with Crippen molar-refractivity contribution in [3.8, 4) is 23.0 Å². The molecule has 2 fully saturated rings. The molecule has 0 aliphatic carbocycles. The molecule has 9 nitrogen and oxygen atoms in total. The molecule has 0 bridgehead atoms. The number of phenols is 1. The van der Waals surface area contributed by atoms with E-state index in [-0.39, 0.29) is 35.5 Å². The summed E-state index contributed by atoms with van der Waals surface area (Å²) in [4.78, 5) is 27.8. The number of carbonyl (C=O) groups excluding carboxylic acids is 2. The van der Waals surface area contributed by atoms with Crippen molar-refractivity contribution in [1.29, 1.82) is 0 Å². The summed E-state index contributed by atoms with van der Waals surface area (Å²) in [6.45, 7) is 1.60. The number of fused-ring (bicyclic) bond motifs is 1. The molecule has 5 rings (SSSR count). The Kier molecular flexibility index (Phi) is 5.79. The molecular formula is C25H25NO8. The van der Waals surface area contributed by atoms with Crippen LogP contribution in [0.4, 0.5) is 0 Å². The summed E-state index contributed by atoms with van der Waals surface area (Å²) in [5.74, 6) is -0.710. The highest BCUT2D eigenvalue weighted by molar-refractivity contribution is 6.46. The number of aromatic hydroxyl groups is 1. The third-order valence-corrected chi connectivity index (χ3v) is 6.30. The van der Waals surface area contributed by atoms with Gasteiger partial charge in [-0.15, -0.1) is 0 Å². The van der Waals surface area contributed by atoms with Crippen LogP contribution in [0, 0.1) is 0 Å². The molecule has 0 aromatic heterocycles. The normalized spacial score (nSPS) is 23.4. The standard InChI is InChI=1S/C25H25NO8/c1-31-19-11-14(4-6-17(19)27)22-21(24(29)25(30)26(22)13-16-3-2-8-32-16)23(28)15-5-7-18-20(12-15)34-10-9-33-18/h4-7,11-12,16,22,27-28H,2-3,8-10,13H2,1H3/t16-,22-/m0/s1. The van der Waals surface area contributed by atoms with Gasteiger partial charge in [-0.3, -0.25) is 9.59 Å². The number of nitrogens with zero attached hydrogens (tertiary/aromatic N) is 1. The van der Waals surface area contributed by atoms with Crippen molar-refractivity contribution in [3.05, 3.63) is 53.1 Å². The summed E-state index contributed by atoms with van der Waals surface area (Å²) >= 11 is 0. The van der Waals surface area contributed by atoms with Crippen LogP contribution in [0.5, 0.6) is 23.0 Å². The lowest BCUT2D eigenvalue weighted by molar-refractivity contribution is -0.140. The fourth-order valence-electron chi connectivity index (χ4n) is 4.63. The maximum Gasteiger partial charge on any atom is 0.295 e. The zero-order valence-electron chi connectivity index (χ0n) is 18.7. The van der Waals surface area contributed by atoms with Crippen molar-refractivity contribution in [2.24, 2.45) is 0 Å². The van der Waals surface area contributed by atoms with Crippen LogP contribution in [0.3, 0.4) is 0 Å². The Morgan fingerprint density at radius 2 is 1.88 bits per heavy atom. The van der Waals surface area contributed by atoms with Crippen molar-refractivity contribution in [3.63, 3.8) is 0 Å². The van der Waals surface area contributed by atoms with Gasteiger partial charge in [0.25, 0.3) is 11.7 Å². The van der Waals surface area contributed by atoms with E-state index >= 15 is 0 Å². The molecule has 3 aliphatic rings. The molecule has 178 valence electrons. The number of rotatable bonds is 5. The minimum Gasteiger partial charge on any atom is -0.507 e. The first-order valence-electron chi connectivity index (χ1n) is 11.1. The predicted molar refractivity (Wildman–Crippen MR) is 120 cm³/mol. The van der Waals surface area contributed by atoms with E-state index in [1.165, 1.54) is 18.1 Å². The zero-order chi connectivity index (χ0) is 23.8. The second-order valence-corrected chi connectivity index (χ2v) is 8.38. The van der Waals surface area contributed by atoms with Gasteiger partial charge in [0, 0.05) is 18.7 Å². The highest BCUT2D eigenvalue weighted by Gasteiger charge is 2.47. The van der Waals surface area contributed by atoms with Crippen molar-refractivity contribution in [2.75, 3.05) is 33.5 Å². The van der Waals surface area contributed by atoms with Gasteiger partial charge in [-0.05, 0) is 48.7 Å². The predicted octanol–water partition coefficient (Wildman–Crippen LogP) is 2.77. The highest BCUT2D eigenvalue weighted by atomic mass is 16.6. The highest BCUT2D eigenvalue weighted by Crippen LogP contribution is 2.43. The first-order valence-corrected chi connectivity index (χ1v) is 11.1. The lowest BCUT2D eigenvalue weighted by atomic mass is 9.94. The Morgan fingerprint density at radius 1 is 1.09 bits per heavy atom. The fourth-order valence-corrected chi connectivity index (χ4v) is 4.63. The van der Waals surface area contributed by atoms with E-state index in [0.29, 0.717) is 42.4 Å². The zero-order valence-corrected chi connectivity index (χ0v) is 18.7. The number of ketones is 1. The summed E-state index contributed by atoms with van der Waals surface area (Å²) in [6.07, 6.45) is 1.45. The van der Waals surface area contributed by atoms with Crippen molar-refractivity contribution in [2.45, 2.75) is 25.0 Å². The Morgan fingerprint density at radius 3 is 2.62 bits per heavy atom. The van der Waals surface area contributed by atoms with Crippen molar-refractivity contribution in [1.82, 2.24) is 4.90 Å². The number of Topliss-reactive ketones (excluding diaryl/α,β-unsaturated/α-hetero) is 1. The molecule has 2 saturated heterocycles. The fraction of sp³-hybridized carbons (Fsp3) is 0.360. The minimum atomic E-state index is -0.882. The van der Waals surface area contributed by atoms with Gasteiger partial charge in [0.2, 0.25) is 0 Å². The number of hydrogen-bond donors (Lipinski definition) is 2. The molecule has 34 heavy (non-hydrogen) atoms. The number of aliphatic hydroxyl groups excluding tert-OH is 1. The molecule has 2 atom stereocenters. The number of carbonyl (C=O) groups is 2. The second-order valence-electron chi connectivity index (χ2n) is 8.38. The molecule has 1 amide bonds. The van der Waals surface area contributed by atoms with E-state index in [2.05, 4.69) is 0 Å². The average Bonchev–Trinajstić information content (AvgIpc) is 3.46. The number of amides is 1. The molecule has 0 spiro atoms. The number of benzene rings is 2. The monoisotopic (exact) mass is 467 g/mol.